The molecule has 0 radical (unpaired) electrons. The molecule has 2 amide bonds. The maximum absolute atomic E-state index is 12.0. The summed E-state index contributed by atoms with van der Waals surface area (Å²) in [5, 5.41) is 20.1. The molecule has 1 unspecified atom stereocenters. The zero-order valence-electron chi connectivity index (χ0n) is 11.3. The van der Waals surface area contributed by atoms with Gasteiger partial charge in [0.2, 0.25) is 0 Å². The molecule has 7 heteroatoms. The number of nitrogens with one attached hydrogen (secondary N) is 1. The van der Waals surface area contributed by atoms with E-state index in [-0.39, 0.29) is 18.6 Å². The molecule has 110 valence electrons. The van der Waals surface area contributed by atoms with E-state index in [0.717, 1.165) is 12.8 Å². The second kappa shape index (κ2) is 7.30. The van der Waals surface area contributed by atoms with Crippen LogP contribution in [0.4, 0.5) is 4.79 Å². The molecule has 1 saturated carbocycles. The molecule has 1 aliphatic carbocycles. The van der Waals surface area contributed by atoms with Crippen LogP contribution in [0.2, 0.25) is 0 Å². The van der Waals surface area contributed by atoms with Gasteiger partial charge in [-0.05, 0) is 25.7 Å². The number of carboxylic acid groups (broad SMARTS) is 1. The van der Waals surface area contributed by atoms with E-state index in [4.69, 9.17) is 14.9 Å². The first-order valence-electron chi connectivity index (χ1n) is 6.41. The van der Waals surface area contributed by atoms with Gasteiger partial charge in [-0.25, -0.2) is 9.59 Å². The highest BCUT2D eigenvalue weighted by Crippen LogP contribution is 2.35. The lowest BCUT2D eigenvalue weighted by molar-refractivity contribution is -0.146. The Morgan fingerprint density at radius 3 is 2.58 bits per heavy atom. The number of hydrogen-bond donors (Lipinski definition) is 3. The highest BCUT2D eigenvalue weighted by Gasteiger charge is 2.34. The van der Waals surface area contributed by atoms with Crippen LogP contribution in [0.5, 0.6) is 0 Å². The number of aliphatic carboxylic acids is 1. The van der Waals surface area contributed by atoms with Gasteiger partial charge in [0.1, 0.15) is 0 Å². The first kappa shape index (κ1) is 15.7. The summed E-state index contributed by atoms with van der Waals surface area (Å²) in [6.45, 7) is 2.55. The highest BCUT2D eigenvalue weighted by atomic mass is 16.5. The summed E-state index contributed by atoms with van der Waals surface area (Å²) >= 11 is 0. The number of methoxy groups -OCH3 is 1. The molecule has 19 heavy (non-hydrogen) atoms. The largest absolute Gasteiger partial charge is 0.479 e. The van der Waals surface area contributed by atoms with E-state index in [0.29, 0.717) is 19.1 Å². The molecule has 3 N–H and O–H groups in total. The minimum atomic E-state index is -1.58. The minimum absolute atomic E-state index is 0.0946. The number of aliphatic hydroxyl groups is 1. The first-order valence-corrected chi connectivity index (χ1v) is 6.41. The Bertz CT molecular complexity index is 319. The predicted octanol–water partition coefficient (Wildman–Crippen LogP) is -0.112. The third kappa shape index (κ3) is 5.04. The van der Waals surface area contributed by atoms with Crippen LogP contribution in [0.25, 0.3) is 0 Å². The molecule has 2 atom stereocenters. The van der Waals surface area contributed by atoms with Crippen LogP contribution in [-0.2, 0) is 9.53 Å². The van der Waals surface area contributed by atoms with E-state index in [1.165, 1.54) is 0 Å². The van der Waals surface area contributed by atoms with Crippen molar-refractivity contribution in [3.63, 3.8) is 0 Å². The number of carboxylic acids is 1. The number of hydrogen-bond acceptors (Lipinski definition) is 4. The van der Waals surface area contributed by atoms with E-state index in [9.17, 15) is 9.59 Å². The van der Waals surface area contributed by atoms with Crippen molar-refractivity contribution in [2.24, 2.45) is 5.92 Å². The molecule has 0 heterocycles. The molecule has 0 aromatic heterocycles. The van der Waals surface area contributed by atoms with Gasteiger partial charge in [-0.2, -0.15) is 0 Å². The summed E-state index contributed by atoms with van der Waals surface area (Å²) in [7, 11) is 1.56. The van der Waals surface area contributed by atoms with E-state index in [1.807, 2.05) is 6.92 Å². The molecule has 0 spiro atoms. The van der Waals surface area contributed by atoms with Gasteiger partial charge in [-0.15, -0.1) is 0 Å². The maximum atomic E-state index is 12.0. The van der Waals surface area contributed by atoms with Crippen LogP contribution in [-0.4, -0.2) is 66.1 Å². The molecule has 0 bridgehead atoms. The number of rotatable bonds is 8. The van der Waals surface area contributed by atoms with Crippen molar-refractivity contribution in [1.82, 2.24) is 10.2 Å². The number of aliphatic hydroxyl groups excluding tert-OH is 1. The van der Waals surface area contributed by atoms with Gasteiger partial charge < -0.3 is 25.2 Å². The van der Waals surface area contributed by atoms with Crippen LogP contribution in [0.1, 0.15) is 19.8 Å². The molecule has 1 aliphatic rings. The van der Waals surface area contributed by atoms with Gasteiger partial charge >= 0.3 is 12.0 Å². The van der Waals surface area contributed by atoms with Crippen molar-refractivity contribution in [3.8, 4) is 0 Å². The Balaban J connectivity index is 2.48. The van der Waals surface area contributed by atoms with Gasteiger partial charge in [0.05, 0.1) is 13.2 Å². The third-order valence-electron chi connectivity index (χ3n) is 3.32. The molecule has 0 aliphatic heterocycles. The normalized spacial score (nSPS) is 17.6. The molecule has 0 aromatic rings. The summed E-state index contributed by atoms with van der Waals surface area (Å²) in [5.74, 6) is -0.842. The smallest absolute Gasteiger partial charge is 0.334 e. The fourth-order valence-corrected chi connectivity index (χ4v) is 1.89. The number of amides is 2. The number of nitrogens with zero attached hydrogens (tertiary/aromatic N) is 1. The topological polar surface area (TPSA) is 99.1 Å². The summed E-state index contributed by atoms with van der Waals surface area (Å²) in [6, 6.07) is -0.270. The third-order valence-corrected chi connectivity index (χ3v) is 3.32. The van der Waals surface area contributed by atoms with Crippen LogP contribution in [0.15, 0.2) is 0 Å². The Labute approximate surface area is 112 Å². The molecule has 7 nitrogen and oxygen atoms in total. The molecular formula is C12H22N2O5. The van der Waals surface area contributed by atoms with Crippen molar-refractivity contribution in [3.05, 3.63) is 0 Å². The number of ether oxygens (including phenoxy) is 1. The van der Waals surface area contributed by atoms with Crippen molar-refractivity contribution >= 4 is 12.0 Å². The predicted molar refractivity (Wildman–Crippen MR) is 67.8 cm³/mol. The molecule has 0 aromatic carbocycles. The average molecular weight is 274 g/mol. The second-order valence-corrected chi connectivity index (χ2v) is 4.80. The summed E-state index contributed by atoms with van der Waals surface area (Å²) in [6.07, 6.45) is 0.634. The van der Waals surface area contributed by atoms with E-state index in [1.54, 1.807) is 12.0 Å². The lowest BCUT2D eigenvalue weighted by atomic mass is 10.2. The summed E-state index contributed by atoms with van der Waals surface area (Å²) in [5.41, 5.74) is 0. The summed E-state index contributed by atoms with van der Waals surface area (Å²) < 4.78 is 4.97. The number of carbonyl (C=O) groups is 2. The summed E-state index contributed by atoms with van der Waals surface area (Å²) in [4.78, 5) is 24.1. The monoisotopic (exact) mass is 274 g/mol. The number of urea groups is 1. The van der Waals surface area contributed by atoms with Crippen molar-refractivity contribution < 1.29 is 24.5 Å². The fraction of sp³-hybridized carbons (Fsp3) is 0.833. The first-order chi connectivity index (χ1) is 8.97. The fourth-order valence-electron chi connectivity index (χ4n) is 1.89. The zero-order valence-corrected chi connectivity index (χ0v) is 11.3. The Morgan fingerprint density at radius 1 is 1.47 bits per heavy atom. The van der Waals surface area contributed by atoms with Gasteiger partial charge in [-0.3, -0.25) is 0 Å². The van der Waals surface area contributed by atoms with E-state index < -0.39 is 12.1 Å². The molecule has 1 rings (SSSR count). The van der Waals surface area contributed by atoms with Crippen molar-refractivity contribution in [1.29, 1.82) is 0 Å². The average Bonchev–Trinajstić information content (AvgIpc) is 3.19. The lowest BCUT2D eigenvalue weighted by Gasteiger charge is -2.29. The Kier molecular flexibility index (Phi) is 6.04. The van der Waals surface area contributed by atoms with Crippen LogP contribution >= 0.6 is 0 Å². The minimum Gasteiger partial charge on any atom is -0.479 e. The van der Waals surface area contributed by atoms with Crippen LogP contribution in [0, 0.1) is 5.92 Å². The van der Waals surface area contributed by atoms with E-state index >= 15 is 0 Å². The quantitative estimate of drug-likeness (QED) is 0.573. The lowest BCUT2D eigenvalue weighted by Crippen LogP contribution is -2.49. The van der Waals surface area contributed by atoms with Crippen molar-refractivity contribution in [2.75, 3.05) is 26.8 Å². The van der Waals surface area contributed by atoms with Crippen LogP contribution in [0.3, 0.4) is 0 Å². The van der Waals surface area contributed by atoms with Crippen molar-refractivity contribution in [2.45, 2.75) is 31.9 Å². The highest BCUT2D eigenvalue weighted by molar-refractivity contribution is 5.77. The van der Waals surface area contributed by atoms with Gasteiger partial charge in [0, 0.05) is 19.7 Å². The maximum Gasteiger partial charge on any atom is 0.334 e. The van der Waals surface area contributed by atoms with Gasteiger partial charge in [0.15, 0.2) is 6.10 Å². The molecular weight excluding hydrogens is 252 g/mol. The Morgan fingerprint density at radius 2 is 2.11 bits per heavy atom. The SMILES string of the molecule is COCCN(C(=O)NC[C@H](O)C(=O)O)C(C)C1CC1. The number of carbonyl (C=O) groups excluding carboxylic acids is 1. The van der Waals surface area contributed by atoms with Crippen LogP contribution < -0.4 is 5.32 Å². The van der Waals surface area contributed by atoms with Gasteiger partial charge in [-0.1, -0.05) is 0 Å². The Hall–Kier alpha value is -1.34. The molecule has 0 saturated heterocycles. The second-order valence-electron chi connectivity index (χ2n) is 4.80. The standard InChI is InChI=1S/C12H22N2O5/c1-8(9-3-4-9)14(5-6-19-2)12(18)13-7-10(15)11(16)17/h8-10,15H,3-7H2,1-2H3,(H,13,18)(H,16,17)/t8?,10-/m0/s1. The van der Waals surface area contributed by atoms with E-state index in [2.05, 4.69) is 5.32 Å². The molecule has 1 fully saturated rings. The van der Waals surface area contributed by atoms with Gasteiger partial charge in [0.25, 0.3) is 0 Å². The zero-order chi connectivity index (χ0) is 14.4.